The van der Waals surface area contributed by atoms with Crippen LogP contribution in [0.15, 0.2) is 60.8 Å². The van der Waals surface area contributed by atoms with E-state index in [0.29, 0.717) is 28.2 Å². The second-order valence-corrected chi connectivity index (χ2v) is 7.50. The number of carbonyl (C=O) groups excluding carboxylic acids is 1. The monoisotopic (exact) mass is 412 g/mol. The highest BCUT2D eigenvalue weighted by molar-refractivity contribution is 6.05. The summed E-state index contributed by atoms with van der Waals surface area (Å²) < 4.78 is 0. The quantitative estimate of drug-likeness (QED) is 0.556. The summed E-state index contributed by atoms with van der Waals surface area (Å²) in [6.45, 7) is 4.72. The third-order valence-electron chi connectivity index (χ3n) is 5.31. The minimum Gasteiger partial charge on any atom is -0.397 e. The van der Waals surface area contributed by atoms with Gasteiger partial charge in [0.25, 0.3) is 5.91 Å². The Morgan fingerprint density at radius 1 is 1.16 bits per heavy atom. The minimum absolute atomic E-state index is 0.246. The molecule has 0 saturated carbocycles. The maximum absolute atomic E-state index is 12.5. The molecule has 3 aromatic rings. The Hall–Kier alpha value is -3.73. The number of nitrogens with one attached hydrogen (secondary N) is 2. The SMILES string of the molecule is N#Cc1cc(CN2CCNCC2)cnc1-c1ccc(C(=O)Nc2ccccc2N)cc1. The summed E-state index contributed by atoms with van der Waals surface area (Å²) in [5.41, 5.74) is 10.4. The van der Waals surface area contributed by atoms with Gasteiger partial charge in [-0.3, -0.25) is 14.7 Å². The van der Waals surface area contributed by atoms with Crippen LogP contribution >= 0.6 is 0 Å². The fourth-order valence-corrected chi connectivity index (χ4v) is 3.62. The lowest BCUT2D eigenvalue weighted by atomic mass is 10.0. The van der Waals surface area contributed by atoms with Crippen molar-refractivity contribution in [3.05, 3.63) is 77.5 Å². The van der Waals surface area contributed by atoms with E-state index in [2.05, 4.69) is 26.6 Å². The van der Waals surface area contributed by atoms with Crippen molar-refractivity contribution in [2.75, 3.05) is 37.2 Å². The van der Waals surface area contributed by atoms with Crippen LogP contribution in [0.25, 0.3) is 11.3 Å². The van der Waals surface area contributed by atoms with Crippen molar-refractivity contribution in [2.24, 2.45) is 0 Å². The zero-order valence-electron chi connectivity index (χ0n) is 17.1. The van der Waals surface area contributed by atoms with Gasteiger partial charge in [0.2, 0.25) is 0 Å². The number of para-hydroxylation sites is 2. The molecule has 2 heterocycles. The van der Waals surface area contributed by atoms with Gasteiger partial charge in [-0.15, -0.1) is 0 Å². The van der Waals surface area contributed by atoms with Gasteiger partial charge in [0, 0.05) is 50.0 Å². The topological polar surface area (TPSA) is 107 Å². The number of piperazine rings is 1. The molecule has 0 spiro atoms. The molecule has 1 aliphatic heterocycles. The van der Waals surface area contributed by atoms with E-state index in [1.54, 1.807) is 24.3 Å². The first-order chi connectivity index (χ1) is 15.1. The highest BCUT2D eigenvalue weighted by atomic mass is 16.1. The summed E-state index contributed by atoms with van der Waals surface area (Å²) in [6, 6.07) is 18.4. The van der Waals surface area contributed by atoms with Crippen LogP contribution in [-0.2, 0) is 6.54 Å². The molecule has 156 valence electrons. The molecule has 1 aliphatic rings. The van der Waals surface area contributed by atoms with Gasteiger partial charge in [-0.05, 0) is 35.9 Å². The van der Waals surface area contributed by atoms with Crippen LogP contribution in [0.1, 0.15) is 21.5 Å². The van der Waals surface area contributed by atoms with E-state index in [1.807, 2.05) is 36.5 Å². The number of anilines is 2. The van der Waals surface area contributed by atoms with Gasteiger partial charge in [0.05, 0.1) is 22.6 Å². The highest BCUT2D eigenvalue weighted by Crippen LogP contribution is 2.24. The van der Waals surface area contributed by atoms with Crippen molar-refractivity contribution in [1.29, 1.82) is 5.26 Å². The van der Waals surface area contributed by atoms with Crippen LogP contribution in [0.2, 0.25) is 0 Å². The molecule has 2 aromatic carbocycles. The van der Waals surface area contributed by atoms with Crippen molar-refractivity contribution >= 4 is 17.3 Å². The Morgan fingerprint density at radius 2 is 1.90 bits per heavy atom. The van der Waals surface area contributed by atoms with Crippen LogP contribution in [0, 0.1) is 11.3 Å². The molecule has 31 heavy (non-hydrogen) atoms. The summed E-state index contributed by atoms with van der Waals surface area (Å²) in [4.78, 5) is 19.4. The smallest absolute Gasteiger partial charge is 0.255 e. The molecular formula is C24H24N6O. The Labute approximate surface area is 181 Å². The number of nitrogens with two attached hydrogens (primary N) is 1. The summed E-state index contributed by atoms with van der Waals surface area (Å²) in [7, 11) is 0. The average molecular weight is 412 g/mol. The van der Waals surface area contributed by atoms with Crippen LogP contribution in [0.4, 0.5) is 11.4 Å². The number of rotatable bonds is 5. The number of hydrogen-bond acceptors (Lipinski definition) is 6. The minimum atomic E-state index is -0.246. The first kappa shape index (κ1) is 20.5. The molecule has 0 unspecified atom stereocenters. The third-order valence-corrected chi connectivity index (χ3v) is 5.31. The number of hydrogen-bond donors (Lipinski definition) is 3. The van der Waals surface area contributed by atoms with E-state index < -0.39 is 0 Å². The summed E-state index contributed by atoms with van der Waals surface area (Å²) >= 11 is 0. The van der Waals surface area contributed by atoms with Gasteiger partial charge in [-0.2, -0.15) is 5.26 Å². The van der Waals surface area contributed by atoms with Crippen LogP contribution in [0.3, 0.4) is 0 Å². The van der Waals surface area contributed by atoms with Crippen molar-refractivity contribution in [3.8, 4) is 17.3 Å². The average Bonchev–Trinajstić information content (AvgIpc) is 2.81. The molecular weight excluding hydrogens is 388 g/mol. The molecule has 1 amide bonds. The Morgan fingerprint density at radius 3 is 2.61 bits per heavy atom. The number of benzene rings is 2. The predicted molar refractivity (Wildman–Crippen MR) is 121 cm³/mol. The summed E-state index contributed by atoms with van der Waals surface area (Å²) in [5, 5.41) is 15.8. The number of nitrogen functional groups attached to an aromatic ring is 1. The second-order valence-electron chi connectivity index (χ2n) is 7.50. The molecule has 4 N–H and O–H groups in total. The number of pyridine rings is 1. The Kier molecular flexibility index (Phi) is 6.22. The molecule has 7 heteroatoms. The lowest BCUT2D eigenvalue weighted by Crippen LogP contribution is -2.42. The predicted octanol–water partition coefficient (Wildman–Crippen LogP) is 2.86. The highest BCUT2D eigenvalue weighted by Gasteiger charge is 2.14. The maximum Gasteiger partial charge on any atom is 0.255 e. The lowest BCUT2D eigenvalue weighted by Gasteiger charge is -2.27. The Bertz CT molecular complexity index is 1110. The fraction of sp³-hybridized carbons (Fsp3) is 0.208. The molecule has 7 nitrogen and oxygen atoms in total. The van der Waals surface area contributed by atoms with E-state index in [1.165, 1.54) is 0 Å². The molecule has 1 saturated heterocycles. The number of nitrogens with zero attached hydrogens (tertiary/aromatic N) is 3. The largest absolute Gasteiger partial charge is 0.397 e. The van der Waals surface area contributed by atoms with E-state index in [9.17, 15) is 10.1 Å². The van der Waals surface area contributed by atoms with Gasteiger partial charge < -0.3 is 16.4 Å². The van der Waals surface area contributed by atoms with Gasteiger partial charge in [0.1, 0.15) is 6.07 Å². The molecule has 0 bridgehead atoms. The number of amides is 1. The van der Waals surface area contributed by atoms with Gasteiger partial charge >= 0.3 is 0 Å². The van der Waals surface area contributed by atoms with Crippen LogP contribution < -0.4 is 16.4 Å². The number of nitriles is 1. The maximum atomic E-state index is 12.5. The van der Waals surface area contributed by atoms with Crippen LogP contribution in [0.5, 0.6) is 0 Å². The van der Waals surface area contributed by atoms with E-state index in [4.69, 9.17) is 5.73 Å². The molecule has 4 rings (SSSR count). The van der Waals surface area contributed by atoms with E-state index in [-0.39, 0.29) is 5.91 Å². The molecule has 1 aromatic heterocycles. The van der Waals surface area contributed by atoms with Gasteiger partial charge in [0.15, 0.2) is 0 Å². The van der Waals surface area contributed by atoms with Crippen molar-refractivity contribution in [3.63, 3.8) is 0 Å². The Balaban J connectivity index is 1.49. The molecule has 0 aliphatic carbocycles. The molecule has 1 fully saturated rings. The van der Waals surface area contributed by atoms with Crippen molar-refractivity contribution < 1.29 is 4.79 Å². The first-order valence-corrected chi connectivity index (χ1v) is 10.2. The van der Waals surface area contributed by atoms with Crippen molar-refractivity contribution in [2.45, 2.75) is 6.54 Å². The number of aromatic nitrogens is 1. The fourth-order valence-electron chi connectivity index (χ4n) is 3.62. The van der Waals surface area contributed by atoms with Crippen molar-refractivity contribution in [1.82, 2.24) is 15.2 Å². The third kappa shape index (κ3) is 4.89. The molecule has 0 atom stereocenters. The van der Waals surface area contributed by atoms with E-state index >= 15 is 0 Å². The first-order valence-electron chi connectivity index (χ1n) is 10.2. The zero-order valence-corrected chi connectivity index (χ0v) is 17.1. The lowest BCUT2D eigenvalue weighted by molar-refractivity contribution is 0.102. The zero-order chi connectivity index (χ0) is 21.6. The van der Waals surface area contributed by atoms with Crippen LogP contribution in [-0.4, -0.2) is 42.0 Å². The standard InChI is InChI=1S/C24H24N6O/c25-14-20-13-17(16-30-11-9-27-10-12-30)15-28-23(20)18-5-7-19(8-6-18)24(31)29-22-4-2-1-3-21(22)26/h1-8,13,15,27H,9-12,16,26H2,(H,29,31). The second kappa shape index (κ2) is 9.39. The number of carbonyl (C=O) groups is 1. The van der Waals surface area contributed by atoms with Gasteiger partial charge in [-0.25, -0.2) is 0 Å². The van der Waals surface area contributed by atoms with Gasteiger partial charge in [-0.1, -0.05) is 24.3 Å². The molecule has 0 radical (unpaired) electrons. The summed E-state index contributed by atoms with van der Waals surface area (Å²) in [5.74, 6) is -0.246. The summed E-state index contributed by atoms with van der Waals surface area (Å²) in [6.07, 6.45) is 1.83. The normalized spacial score (nSPS) is 14.0. The van der Waals surface area contributed by atoms with E-state index in [0.717, 1.165) is 43.9 Å².